The first-order valence-electron chi connectivity index (χ1n) is 7.63. The molecule has 2 unspecified atom stereocenters. The third-order valence-electron chi connectivity index (χ3n) is 4.70. The van der Waals surface area contributed by atoms with Gasteiger partial charge in [-0.05, 0) is 33.0 Å². The van der Waals surface area contributed by atoms with Gasteiger partial charge in [-0.2, -0.15) is 0 Å². The van der Waals surface area contributed by atoms with Crippen LogP contribution in [0.2, 0.25) is 0 Å². The molecule has 2 rings (SSSR count). The zero-order valence-electron chi connectivity index (χ0n) is 12.5. The molecule has 0 bridgehead atoms. The molecule has 2 fully saturated rings. The Kier molecular flexibility index (Phi) is 6.04. The van der Waals surface area contributed by atoms with Gasteiger partial charge in [-0.1, -0.05) is 0 Å². The Hall–Kier alpha value is -0.200. The van der Waals surface area contributed by atoms with Crippen molar-refractivity contribution in [1.29, 1.82) is 0 Å². The van der Waals surface area contributed by atoms with Crippen LogP contribution < -0.4 is 5.32 Å². The minimum absolute atomic E-state index is 0.258. The summed E-state index contributed by atoms with van der Waals surface area (Å²) in [7, 11) is 4.35. The second-order valence-electron chi connectivity index (χ2n) is 6.13. The standard InChI is InChI=1S/C14H30N4O/c1-16-5-7-18(8-6-16)12-13-3-4-15-11-14(13)17(2)9-10-19/h13-15,19H,3-12H2,1-2H3. The van der Waals surface area contributed by atoms with E-state index in [1.165, 1.54) is 39.1 Å². The number of piperidine rings is 1. The number of piperazine rings is 1. The van der Waals surface area contributed by atoms with E-state index in [9.17, 15) is 0 Å². The highest BCUT2D eigenvalue weighted by Crippen LogP contribution is 2.19. The van der Waals surface area contributed by atoms with Crippen LogP contribution in [0.25, 0.3) is 0 Å². The van der Waals surface area contributed by atoms with Crippen molar-refractivity contribution < 1.29 is 5.11 Å². The zero-order valence-corrected chi connectivity index (χ0v) is 12.5. The van der Waals surface area contributed by atoms with Crippen LogP contribution in [0.5, 0.6) is 0 Å². The van der Waals surface area contributed by atoms with Gasteiger partial charge in [0.2, 0.25) is 0 Å². The summed E-state index contributed by atoms with van der Waals surface area (Å²) in [5.74, 6) is 0.737. The summed E-state index contributed by atoms with van der Waals surface area (Å²) >= 11 is 0. The molecular formula is C14H30N4O. The Bertz CT molecular complexity index is 256. The fourth-order valence-corrected chi connectivity index (χ4v) is 3.31. The van der Waals surface area contributed by atoms with Crippen molar-refractivity contribution in [3.05, 3.63) is 0 Å². The van der Waals surface area contributed by atoms with Crippen molar-refractivity contribution in [3.8, 4) is 0 Å². The summed E-state index contributed by atoms with van der Waals surface area (Å²) in [5.41, 5.74) is 0. The lowest BCUT2D eigenvalue weighted by Crippen LogP contribution is -2.55. The maximum atomic E-state index is 9.13. The summed E-state index contributed by atoms with van der Waals surface area (Å²) in [6.07, 6.45) is 1.26. The second-order valence-corrected chi connectivity index (χ2v) is 6.13. The van der Waals surface area contributed by atoms with Crippen LogP contribution in [0, 0.1) is 5.92 Å². The van der Waals surface area contributed by atoms with Gasteiger partial charge in [-0.15, -0.1) is 0 Å². The Morgan fingerprint density at radius 2 is 2.00 bits per heavy atom. The molecular weight excluding hydrogens is 240 g/mol. The molecule has 0 spiro atoms. The van der Waals surface area contributed by atoms with Crippen molar-refractivity contribution in [1.82, 2.24) is 20.0 Å². The molecule has 2 N–H and O–H groups in total. The summed E-state index contributed by atoms with van der Waals surface area (Å²) in [6, 6.07) is 0.570. The van der Waals surface area contributed by atoms with Crippen LogP contribution in [0.3, 0.4) is 0 Å². The molecule has 5 nitrogen and oxygen atoms in total. The highest BCUT2D eigenvalue weighted by Gasteiger charge is 2.30. The highest BCUT2D eigenvalue weighted by atomic mass is 16.3. The first-order chi connectivity index (χ1) is 9.20. The molecule has 0 aliphatic carbocycles. The van der Waals surface area contributed by atoms with Gasteiger partial charge in [0, 0.05) is 51.9 Å². The van der Waals surface area contributed by atoms with Crippen LogP contribution in [0.15, 0.2) is 0 Å². The predicted molar refractivity (Wildman–Crippen MR) is 78.4 cm³/mol. The van der Waals surface area contributed by atoms with Gasteiger partial charge in [0.15, 0.2) is 0 Å². The maximum absolute atomic E-state index is 9.13. The van der Waals surface area contributed by atoms with Crippen LogP contribution in [-0.4, -0.2) is 98.9 Å². The molecule has 2 aliphatic rings. The van der Waals surface area contributed by atoms with Gasteiger partial charge in [0.05, 0.1) is 6.61 Å². The summed E-state index contributed by atoms with van der Waals surface area (Å²) in [4.78, 5) is 7.36. The smallest absolute Gasteiger partial charge is 0.0558 e. The molecule has 5 heteroatoms. The van der Waals surface area contributed by atoms with E-state index in [-0.39, 0.29) is 6.61 Å². The van der Waals surface area contributed by atoms with Crippen LogP contribution in [0.1, 0.15) is 6.42 Å². The number of aliphatic hydroxyl groups is 1. The lowest BCUT2D eigenvalue weighted by atomic mass is 9.90. The average Bonchev–Trinajstić information content (AvgIpc) is 2.42. The number of hydrogen-bond acceptors (Lipinski definition) is 5. The molecule has 0 aromatic heterocycles. The predicted octanol–water partition coefficient (Wildman–Crippen LogP) is -0.864. The molecule has 112 valence electrons. The van der Waals surface area contributed by atoms with Gasteiger partial charge >= 0.3 is 0 Å². The lowest BCUT2D eigenvalue weighted by Gasteiger charge is -2.42. The Balaban J connectivity index is 1.85. The number of likely N-dealkylation sites (N-methyl/N-ethyl adjacent to an activating group) is 2. The molecule has 0 saturated carbocycles. The molecule has 2 aliphatic heterocycles. The summed E-state index contributed by atoms with van der Waals surface area (Å²) < 4.78 is 0. The number of hydrogen-bond donors (Lipinski definition) is 2. The zero-order chi connectivity index (χ0) is 13.7. The molecule has 0 amide bonds. The Morgan fingerprint density at radius 1 is 1.26 bits per heavy atom. The van der Waals surface area contributed by atoms with E-state index in [4.69, 9.17) is 5.11 Å². The number of aliphatic hydroxyl groups excluding tert-OH is 1. The van der Waals surface area contributed by atoms with Crippen LogP contribution in [0.4, 0.5) is 0 Å². The highest BCUT2D eigenvalue weighted by molar-refractivity contribution is 4.87. The Morgan fingerprint density at radius 3 is 2.68 bits per heavy atom. The molecule has 2 atom stereocenters. The normalized spacial score (nSPS) is 30.9. The van der Waals surface area contributed by atoms with Gasteiger partial charge in [-0.3, -0.25) is 4.90 Å². The third kappa shape index (κ3) is 4.39. The minimum Gasteiger partial charge on any atom is -0.395 e. The fraction of sp³-hybridized carbons (Fsp3) is 1.00. The van der Waals surface area contributed by atoms with Gasteiger partial charge in [0.25, 0.3) is 0 Å². The maximum Gasteiger partial charge on any atom is 0.0558 e. The van der Waals surface area contributed by atoms with Gasteiger partial charge in [-0.25, -0.2) is 0 Å². The summed E-state index contributed by atoms with van der Waals surface area (Å²) in [6.45, 7) is 9.27. The van der Waals surface area contributed by atoms with Crippen molar-refractivity contribution in [2.45, 2.75) is 12.5 Å². The quantitative estimate of drug-likeness (QED) is 0.680. The van der Waals surface area contributed by atoms with Crippen LogP contribution >= 0.6 is 0 Å². The van der Waals surface area contributed by atoms with Crippen molar-refractivity contribution in [2.24, 2.45) is 5.92 Å². The SMILES string of the molecule is CN1CCN(CC2CCNCC2N(C)CCO)CC1. The van der Waals surface area contributed by atoms with Crippen molar-refractivity contribution in [2.75, 3.05) is 73.1 Å². The van der Waals surface area contributed by atoms with E-state index < -0.39 is 0 Å². The average molecular weight is 270 g/mol. The summed E-state index contributed by atoms with van der Waals surface area (Å²) in [5, 5.41) is 12.6. The molecule has 0 aromatic carbocycles. The third-order valence-corrected chi connectivity index (χ3v) is 4.70. The van der Waals surface area contributed by atoms with E-state index >= 15 is 0 Å². The molecule has 2 saturated heterocycles. The first-order valence-corrected chi connectivity index (χ1v) is 7.63. The molecule has 2 heterocycles. The molecule has 0 aromatic rings. The largest absolute Gasteiger partial charge is 0.395 e. The molecule has 19 heavy (non-hydrogen) atoms. The second kappa shape index (κ2) is 7.55. The minimum atomic E-state index is 0.258. The molecule has 0 radical (unpaired) electrons. The van der Waals surface area contributed by atoms with Crippen molar-refractivity contribution >= 4 is 0 Å². The monoisotopic (exact) mass is 270 g/mol. The van der Waals surface area contributed by atoms with E-state index in [2.05, 4.69) is 34.1 Å². The van der Waals surface area contributed by atoms with Gasteiger partial charge in [0.1, 0.15) is 0 Å². The lowest BCUT2D eigenvalue weighted by molar-refractivity contribution is 0.0720. The van der Waals surface area contributed by atoms with Crippen LogP contribution in [-0.2, 0) is 0 Å². The number of nitrogens with zero attached hydrogens (tertiary/aromatic N) is 3. The van der Waals surface area contributed by atoms with E-state index in [1.54, 1.807) is 0 Å². The van der Waals surface area contributed by atoms with E-state index in [0.29, 0.717) is 6.04 Å². The van der Waals surface area contributed by atoms with Crippen molar-refractivity contribution in [3.63, 3.8) is 0 Å². The van der Waals surface area contributed by atoms with E-state index in [1.807, 2.05) is 0 Å². The topological polar surface area (TPSA) is 42.0 Å². The van der Waals surface area contributed by atoms with E-state index in [0.717, 1.165) is 25.6 Å². The van der Waals surface area contributed by atoms with Gasteiger partial charge < -0.3 is 20.2 Å². The fourth-order valence-electron chi connectivity index (χ4n) is 3.31. The number of rotatable bonds is 5. The Labute approximate surface area is 117 Å². The first kappa shape index (κ1) is 15.2. The number of nitrogens with one attached hydrogen (secondary N) is 1.